The maximum absolute atomic E-state index is 13.2. The molecule has 1 N–H and O–H groups in total. The van der Waals surface area contributed by atoms with Crippen LogP contribution >= 0.6 is 0 Å². The molecule has 2 aromatic heterocycles. The Hall–Kier alpha value is -2.99. The number of carbonyl (C=O) groups excluding carboxylic acids is 1. The summed E-state index contributed by atoms with van der Waals surface area (Å²) >= 11 is 0. The van der Waals surface area contributed by atoms with Gasteiger partial charge in [0, 0.05) is 36.7 Å². The van der Waals surface area contributed by atoms with Crippen molar-refractivity contribution in [3.05, 3.63) is 66.6 Å². The zero-order valence-electron chi connectivity index (χ0n) is 15.7. The van der Waals surface area contributed by atoms with Crippen molar-refractivity contribution in [1.82, 2.24) is 25.0 Å². The lowest BCUT2D eigenvalue weighted by molar-refractivity contribution is 0.0621. The average Bonchev–Trinajstić information content (AvgIpc) is 3.22. The number of nitrogens with zero attached hydrogens (tertiary/aromatic N) is 4. The van der Waals surface area contributed by atoms with Crippen LogP contribution < -0.4 is 5.32 Å². The van der Waals surface area contributed by atoms with Crippen LogP contribution in [0.3, 0.4) is 0 Å². The van der Waals surface area contributed by atoms with Gasteiger partial charge in [-0.05, 0) is 56.1 Å². The number of benzene rings is 1. The Morgan fingerprint density at radius 3 is 2.57 bits per heavy atom. The molecule has 6 nitrogen and oxygen atoms in total. The van der Waals surface area contributed by atoms with Gasteiger partial charge < -0.3 is 10.2 Å². The van der Waals surface area contributed by atoms with Gasteiger partial charge >= 0.3 is 0 Å². The Kier molecular flexibility index (Phi) is 4.41. The number of amides is 1. The summed E-state index contributed by atoms with van der Waals surface area (Å²) in [6.07, 6.45) is 7.65. The quantitative estimate of drug-likeness (QED) is 0.764. The third-order valence-corrected chi connectivity index (χ3v) is 5.89. The zero-order chi connectivity index (χ0) is 18.9. The van der Waals surface area contributed by atoms with Crippen molar-refractivity contribution in [2.45, 2.75) is 18.9 Å². The van der Waals surface area contributed by atoms with Gasteiger partial charge in [0.1, 0.15) is 5.69 Å². The van der Waals surface area contributed by atoms with Crippen LogP contribution in [0.1, 0.15) is 23.2 Å². The first-order valence-corrected chi connectivity index (χ1v) is 9.86. The van der Waals surface area contributed by atoms with E-state index in [0.717, 1.165) is 30.9 Å². The highest BCUT2D eigenvalue weighted by atomic mass is 16.1. The van der Waals surface area contributed by atoms with Crippen molar-refractivity contribution in [1.29, 1.82) is 0 Å². The molecule has 28 heavy (non-hydrogen) atoms. The van der Waals surface area contributed by atoms with Crippen LogP contribution in [0, 0.1) is 5.92 Å². The molecule has 3 aliphatic heterocycles. The molecule has 1 atom stereocenters. The summed E-state index contributed by atoms with van der Waals surface area (Å²) in [5.74, 6) is 0.528. The second-order valence-corrected chi connectivity index (χ2v) is 7.63. The summed E-state index contributed by atoms with van der Waals surface area (Å²) in [7, 11) is 0. The molecule has 0 radical (unpaired) electrons. The van der Waals surface area contributed by atoms with Crippen molar-refractivity contribution in [3.63, 3.8) is 0 Å². The van der Waals surface area contributed by atoms with E-state index in [1.165, 1.54) is 12.8 Å². The largest absolute Gasteiger partial charge is 0.348 e. The molecule has 3 aliphatic rings. The number of rotatable bonds is 4. The molecule has 142 valence electrons. The number of carbonyl (C=O) groups is 1. The number of fused-ring (bicyclic) bond motifs is 3. The third-order valence-electron chi connectivity index (χ3n) is 5.89. The summed E-state index contributed by atoms with van der Waals surface area (Å²) in [4.78, 5) is 19.9. The Labute approximate surface area is 164 Å². The predicted octanol–water partition coefficient (Wildman–Crippen LogP) is 2.76. The Balaban J connectivity index is 1.48. The second-order valence-electron chi connectivity index (χ2n) is 7.63. The van der Waals surface area contributed by atoms with E-state index in [1.54, 1.807) is 17.1 Å². The molecular formula is C22H23N5O. The first-order chi connectivity index (χ1) is 13.8. The van der Waals surface area contributed by atoms with E-state index < -0.39 is 0 Å². The van der Waals surface area contributed by atoms with Crippen LogP contribution in [0.15, 0.2) is 61.1 Å². The monoisotopic (exact) mass is 373 g/mol. The lowest BCUT2D eigenvalue weighted by atomic mass is 9.84. The van der Waals surface area contributed by atoms with Gasteiger partial charge in [-0.3, -0.25) is 9.78 Å². The standard InChI is InChI=1S/C22H23N5O/c28-22(24-20-15-26-11-8-16(20)9-12-26)19-14-27(18-6-2-1-3-7-18)25-21(19)17-5-4-10-23-13-17/h1-7,10,13-14,16,20H,8-9,11-12,15H2,(H,24,28)/t20-/m1/s1. The van der Waals surface area contributed by atoms with Crippen molar-refractivity contribution >= 4 is 5.91 Å². The summed E-state index contributed by atoms with van der Waals surface area (Å²) < 4.78 is 1.77. The van der Waals surface area contributed by atoms with Gasteiger partial charge in [-0.25, -0.2) is 4.68 Å². The maximum atomic E-state index is 13.2. The number of hydrogen-bond donors (Lipinski definition) is 1. The average molecular weight is 373 g/mol. The number of aromatic nitrogens is 3. The highest BCUT2D eigenvalue weighted by Gasteiger charge is 2.35. The van der Waals surface area contributed by atoms with E-state index in [4.69, 9.17) is 5.10 Å². The van der Waals surface area contributed by atoms with Gasteiger partial charge in [-0.2, -0.15) is 5.10 Å². The molecule has 3 aromatic rings. The molecular weight excluding hydrogens is 350 g/mol. The SMILES string of the molecule is O=C(N[C@@H]1CN2CCC1CC2)c1cn(-c2ccccc2)nc1-c1cccnc1. The molecule has 2 bridgehead atoms. The number of pyridine rings is 1. The van der Waals surface area contributed by atoms with Gasteiger partial charge in [-0.1, -0.05) is 18.2 Å². The third kappa shape index (κ3) is 3.20. The van der Waals surface area contributed by atoms with Crippen LogP contribution in [0.5, 0.6) is 0 Å². The molecule has 0 spiro atoms. The fourth-order valence-corrected chi connectivity index (χ4v) is 4.34. The van der Waals surface area contributed by atoms with E-state index >= 15 is 0 Å². The van der Waals surface area contributed by atoms with Crippen LogP contribution in [0.25, 0.3) is 16.9 Å². The minimum Gasteiger partial charge on any atom is -0.348 e. The van der Waals surface area contributed by atoms with Crippen molar-refractivity contribution in [2.24, 2.45) is 5.92 Å². The molecule has 0 saturated carbocycles. The molecule has 6 rings (SSSR count). The van der Waals surface area contributed by atoms with Gasteiger partial charge in [0.15, 0.2) is 0 Å². The summed E-state index contributed by atoms with van der Waals surface area (Å²) in [6, 6.07) is 13.9. The fraction of sp³-hybridized carbons (Fsp3) is 0.318. The molecule has 0 unspecified atom stereocenters. The van der Waals surface area contributed by atoms with E-state index in [2.05, 4.69) is 15.2 Å². The molecule has 6 heteroatoms. The fourth-order valence-electron chi connectivity index (χ4n) is 4.34. The number of nitrogens with one attached hydrogen (secondary N) is 1. The minimum atomic E-state index is -0.0558. The first-order valence-electron chi connectivity index (χ1n) is 9.86. The Morgan fingerprint density at radius 2 is 1.89 bits per heavy atom. The number of hydrogen-bond acceptors (Lipinski definition) is 4. The summed E-state index contributed by atoms with van der Waals surface area (Å²) in [6.45, 7) is 3.26. The lowest BCUT2D eigenvalue weighted by Crippen LogP contribution is -2.57. The lowest BCUT2D eigenvalue weighted by Gasteiger charge is -2.44. The summed E-state index contributed by atoms with van der Waals surface area (Å²) in [5, 5.41) is 8.01. The van der Waals surface area contributed by atoms with Gasteiger partial charge in [-0.15, -0.1) is 0 Å². The second kappa shape index (κ2) is 7.20. The van der Waals surface area contributed by atoms with E-state index in [1.807, 2.05) is 48.7 Å². The maximum Gasteiger partial charge on any atom is 0.255 e. The molecule has 1 aromatic carbocycles. The molecule has 5 heterocycles. The Bertz CT molecular complexity index is 961. The van der Waals surface area contributed by atoms with Gasteiger partial charge in [0.25, 0.3) is 5.91 Å². The number of para-hydroxylation sites is 1. The minimum absolute atomic E-state index is 0.0558. The number of piperidine rings is 3. The van der Waals surface area contributed by atoms with E-state index in [0.29, 0.717) is 17.2 Å². The predicted molar refractivity (Wildman–Crippen MR) is 107 cm³/mol. The van der Waals surface area contributed by atoms with Crippen molar-refractivity contribution in [2.75, 3.05) is 19.6 Å². The highest BCUT2D eigenvalue weighted by Crippen LogP contribution is 2.29. The van der Waals surface area contributed by atoms with Crippen LogP contribution in [0.2, 0.25) is 0 Å². The van der Waals surface area contributed by atoms with E-state index in [9.17, 15) is 4.79 Å². The highest BCUT2D eigenvalue weighted by molar-refractivity contribution is 6.00. The van der Waals surface area contributed by atoms with Crippen molar-refractivity contribution < 1.29 is 4.79 Å². The van der Waals surface area contributed by atoms with Crippen LogP contribution in [0.4, 0.5) is 0 Å². The van der Waals surface area contributed by atoms with Crippen LogP contribution in [-0.2, 0) is 0 Å². The molecule has 1 amide bonds. The Morgan fingerprint density at radius 1 is 1.07 bits per heavy atom. The smallest absolute Gasteiger partial charge is 0.255 e. The normalized spacial score (nSPS) is 23.5. The van der Waals surface area contributed by atoms with E-state index in [-0.39, 0.29) is 11.9 Å². The van der Waals surface area contributed by atoms with Crippen LogP contribution in [-0.4, -0.2) is 51.2 Å². The zero-order valence-corrected chi connectivity index (χ0v) is 15.7. The van der Waals surface area contributed by atoms with Gasteiger partial charge in [0.2, 0.25) is 0 Å². The molecule has 3 saturated heterocycles. The molecule has 3 fully saturated rings. The topological polar surface area (TPSA) is 63.1 Å². The first kappa shape index (κ1) is 17.1. The van der Waals surface area contributed by atoms with Crippen molar-refractivity contribution in [3.8, 4) is 16.9 Å². The molecule has 0 aliphatic carbocycles. The summed E-state index contributed by atoms with van der Waals surface area (Å²) in [5.41, 5.74) is 3.02. The van der Waals surface area contributed by atoms with Gasteiger partial charge in [0.05, 0.1) is 11.3 Å².